The van der Waals surface area contributed by atoms with Crippen molar-refractivity contribution in [3.05, 3.63) is 59.7 Å². The molecule has 2 aromatic carbocycles. The summed E-state index contributed by atoms with van der Waals surface area (Å²) in [6, 6.07) is 14.9. The van der Waals surface area contributed by atoms with Crippen molar-refractivity contribution in [3.63, 3.8) is 0 Å². The van der Waals surface area contributed by atoms with Gasteiger partial charge < -0.3 is 9.47 Å². The Morgan fingerprint density at radius 1 is 1.04 bits per heavy atom. The van der Waals surface area contributed by atoms with Crippen LogP contribution < -0.4 is 14.9 Å². The van der Waals surface area contributed by atoms with E-state index < -0.39 is 0 Å². The zero-order valence-electron chi connectivity index (χ0n) is 13.3. The standard InChI is InChI=1S/C18H20N2O3/c1-3-22-16-10-6-15(7-11-16)12-19-20-18(21)13-23-17-8-4-14(2)5-9-17/h4-12H,3,13H2,1-2H3,(H,20,21)/b19-12+. The molecule has 0 heterocycles. The summed E-state index contributed by atoms with van der Waals surface area (Å²) < 4.78 is 10.7. The average molecular weight is 312 g/mol. The van der Waals surface area contributed by atoms with Crippen LogP contribution in [0.2, 0.25) is 0 Å². The van der Waals surface area contributed by atoms with Gasteiger partial charge in [0.1, 0.15) is 11.5 Å². The van der Waals surface area contributed by atoms with Crippen molar-refractivity contribution < 1.29 is 14.3 Å². The second-order valence-corrected chi connectivity index (χ2v) is 4.90. The summed E-state index contributed by atoms with van der Waals surface area (Å²) in [6.45, 7) is 4.48. The number of amides is 1. The Morgan fingerprint density at radius 3 is 2.30 bits per heavy atom. The molecule has 0 aliphatic rings. The maximum atomic E-state index is 11.6. The minimum absolute atomic E-state index is 0.0797. The number of hydrogen-bond acceptors (Lipinski definition) is 4. The number of aryl methyl sites for hydroxylation is 1. The van der Waals surface area contributed by atoms with Gasteiger partial charge in [-0.1, -0.05) is 17.7 Å². The van der Waals surface area contributed by atoms with Gasteiger partial charge in [0.25, 0.3) is 5.91 Å². The molecule has 0 saturated carbocycles. The first kappa shape index (κ1) is 16.5. The van der Waals surface area contributed by atoms with Crippen LogP contribution in [0.4, 0.5) is 0 Å². The molecule has 0 aliphatic heterocycles. The van der Waals surface area contributed by atoms with Crippen molar-refractivity contribution in [1.82, 2.24) is 5.43 Å². The van der Waals surface area contributed by atoms with E-state index in [0.717, 1.165) is 16.9 Å². The second-order valence-electron chi connectivity index (χ2n) is 4.90. The minimum atomic E-state index is -0.312. The maximum absolute atomic E-state index is 11.6. The Labute approximate surface area is 135 Å². The SMILES string of the molecule is CCOc1ccc(/C=N/NC(=O)COc2ccc(C)cc2)cc1. The summed E-state index contributed by atoms with van der Waals surface area (Å²) in [5.41, 5.74) is 4.44. The van der Waals surface area contributed by atoms with Crippen LogP contribution in [0.3, 0.4) is 0 Å². The van der Waals surface area contributed by atoms with E-state index in [2.05, 4.69) is 10.5 Å². The largest absolute Gasteiger partial charge is 0.494 e. The summed E-state index contributed by atoms with van der Waals surface area (Å²) in [5, 5.41) is 3.90. The number of nitrogens with zero attached hydrogens (tertiary/aromatic N) is 1. The Bertz CT molecular complexity index is 649. The van der Waals surface area contributed by atoms with Gasteiger partial charge in [0.15, 0.2) is 6.61 Å². The van der Waals surface area contributed by atoms with Crippen molar-refractivity contribution in [2.75, 3.05) is 13.2 Å². The second kappa shape index (κ2) is 8.58. The van der Waals surface area contributed by atoms with Gasteiger partial charge in [0, 0.05) is 0 Å². The minimum Gasteiger partial charge on any atom is -0.494 e. The van der Waals surface area contributed by atoms with E-state index in [9.17, 15) is 4.79 Å². The van der Waals surface area contributed by atoms with Crippen LogP contribution in [0.5, 0.6) is 11.5 Å². The quantitative estimate of drug-likeness (QED) is 0.631. The molecule has 5 heteroatoms. The number of hydrogen-bond donors (Lipinski definition) is 1. The molecule has 120 valence electrons. The molecule has 0 bridgehead atoms. The first-order chi connectivity index (χ1) is 11.2. The zero-order valence-corrected chi connectivity index (χ0v) is 13.3. The van der Waals surface area contributed by atoms with Crippen molar-refractivity contribution in [2.45, 2.75) is 13.8 Å². The highest BCUT2D eigenvalue weighted by atomic mass is 16.5. The zero-order chi connectivity index (χ0) is 16.5. The molecule has 2 rings (SSSR count). The lowest BCUT2D eigenvalue weighted by Gasteiger charge is -2.05. The van der Waals surface area contributed by atoms with Crippen LogP contribution in [-0.2, 0) is 4.79 Å². The maximum Gasteiger partial charge on any atom is 0.277 e. The molecule has 0 aliphatic carbocycles. The van der Waals surface area contributed by atoms with E-state index in [1.165, 1.54) is 0 Å². The molecule has 1 amide bonds. The summed E-state index contributed by atoms with van der Waals surface area (Å²) in [7, 11) is 0. The van der Waals surface area contributed by atoms with Crippen LogP contribution >= 0.6 is 0 Å². The third-order valence-corrected chi connectivity index (χ3v) is 2.98. The number of nitrogens with one attached hydrogen (secondary N) is 1. The highest BCUT2D eigenvalue weighted by Crippen LogP contribution is 2.11. The number of ether oxygens (including phenoxy) is 2. The molecular weight excluding hydrogens is 292 g/mol. The van der Waals surface area contributed by atoms with Gasteiger partial charge >= 0.3 is 0 Å². The lowest BCUT2D eigenvalue weighted by Crippen LogP contribution is -2.24. The lowest BCUT2D eigenvalue weighted by atomic mass is 10.2. The lowest BCUT2D eigenvalue weighted by molar-refractivity contribution is -0.123. The Kier molecular flexibility index (Phi) is 6.17. The van der Waals surface area contributed by atoms with E-state index in [1.807, 2.05) is 62.4 Å². The predicted octanol–water partition coefficient (Wildman–Crippen LogP) is 2.92. The number of hydrazone groups is 1. The van der Waals surface area contributed by atoms with Crippen LogP contribution in [0, 0.1) is 6.92 Å². The molecule has 0 spiro atoms. The van der Waals surface area contributed by atoms with Crippen molar-refractivity contribution in [3.8, 4) is 11.5 Å². The van der Waals surface area contributed by atoms with Gasteiger partial charge in [-0.3, -0.25) is 4.79 Å². The third kappa shape index (κ3) is 5.82. The van der Waals surface area contributed by atoms with Gasteiger partial charge in [-0.15, -0.1) is 0 Å². The molecule has 0 aromatic heterocycles. The van der Waals surface area contributed by atoms with Gasteiger partial charge in [0.05, 0.1) is 12.8 Å². The predicted molar refractivity (Wildman–Crippen MR) is 90.0 cm³/mol. The fourth-order valence-corrected chi connectivity index (χ4v) is 1.81. The van der Waals surface area contributed by atoms with Crippen LogP contribution in [-0.4, -0.2) is 25.3 Å². The molecular formula is C18H20N2O3. The highest BCUT2D eigenvalue weighted by Gasteiger charge is 2.01. The van der Waals surface area contributed by atoms with Crippen molar-refractivity contribution >= 4 is 12.1 Å². The van der Waals surface area contributed by atoms with Crippen molar-refractivity contribution in [1.29, 1.82) is 0 Å². The van der Waals surface area contributed by atoms with Crippen molar-refractivity contribution in [2.24, 2.45) is 5.10 Å². The Hall–Kier alpha value is -2.82. The summed E-state index contributed by atoms with van der Waals surface area (Å²) >= 11 is 0. The molecule has 23 heavy (non-hydrogen) atoms. The molecule has 1 N–H and O–H groups in total. The summed E-state index contributed by atoms with van der Waals surface area (Å²) in [5.74, 6) is 1.15. The fraction of sp³-hybridized carbons (Fsp3) is 0.222. The van der Waals surface area contributed by atoms with E-state index in [4.69, 9.17) is 9.47 Å². The molecule has 0 radical (unpaired) electrons. The summed E-state index contributed by atoms with van der Waals surface area (Å²) in [6.07, 6.45) is 1.57. The number of carbonyl (C=O) groups excluding carboxylic acids is 1. The van der Waals surface area contributed by atoms with E-state index in [0.29, 0.717) is 12.4 Å². The number of rotatable bonds is 7. The average Bonchev–Trinajstić information content (AvgIpc) is 2.56. The normalized spacial score (nSPS) is 10.5. The van der Waals surface area contributed by atoms with Crippen LogP contribution in [0.15, 0.2) is 53.6 Å². The van der Waals surface area contributed by atoms with E-state index in [1.54, 1.807) is 6.21 Å². The first-order valence-electron chi connectivity index (χ1n) is 7.41. The van der Waals surface area contributed by atoms with Gasteiger partial charge in [-0.25, -0.2) is 5.43 Å². The Balaban J connectivity index is 1.75. The monoisotopic (exact) mass is 312 g/mol. The molecule has 0 fully saturated rings. The fourth-order valence-electron chi connectivity index (χ4n) is 1.81. The van der Waals surface area contributed by atoms with Gasteiger partial charge in [0.2, 0.25) is 0 Å². The van der Waals surface area contributed by atoms with Gasteiger partial charge in [-0.05, 0) is 55.8 Å². The van der Waals surface area contributed by atoms with E-state index in [-0.39, 0.29) is 12.5 Å². The topological polar surface area (TPSA) is 59.9 Å². The van der Waals surface area contributed by atoms with Crippen LogP contribution in [0.25, 0.3) is 0 Å². The van der Waals surface area contributed by atoms with E-state index >= 15 is 0 Å². The molecule has 5 nitrogen and oxygen atoms in total. The molecule has 0 saturated heterocycles. The van der Waals surface area contributed by atoms with Gasteiger partial charge in [-0.2, -0.15) is 5.10 Å². The highest BCUT2D eigenvalue weighted by molar-refractivity contribution is 5.83. The third-order valence-electron chi connectivity index (χ3n) is 2.98. The first-order valence-corrected chi connectivity index (χ1v) is 7.41. The smallest absolute Gasteiger partial charge is 0.277 e. The molecule has 0 atom stereocenters. The molecule has 0 unspecified atom stereocenters. The number of benzene rings is 2. The van der Waals surface area contributed by atoms with Crippen LogP contribution in [0.1, 0.15) is 18.1 Å². The number of carbonyl (C=O) groups is 1. The molecule has 2 aromatic rings. The summed E-state index contributed by atoms with van der Waals surface area (Å²) in [4.78, 5) is 11.6. The Morgan fingerprint density at radius 2 is 1.65 bits per heavy atom.